The minimum atomic E-state index is 0.0190. The summed E-state index contributed by atoms with van der Waals surface area (Å²) in [5, 5.41) is 0. The number of likely N-dealkylation sites (tertiary alicyclic amines) is 1. The molecule has 2 N–H and O–H groups in total. The van der Waals surface area contributed by atoms with Gasteiger partial charge in [-0.05, 0) is 37.4 Å². The van der Waals surface area contributed by atoms with E-state index in [0.29, 0.717) is 42.7 Å². The number of hydrogen-bond acceptors (Lipinski definition) is 4. The lowest BCUT2D eigenvalue weighted by molar-refractivity contribution is 0.0668. The maximum atomic E-state index is 12.7. The quantitative estimate of drug-likeness (QED) is 0.883. The van der Waals surface area contributed by atoms with Gasteiger partial charge in [-0.3, -0.25) is 4.79 Å². The number of carbonyl (C=O) groups is 1. The van der Waals surface area contributed by atoms with Gasteiger partial charge in [0.2, 0.25) is 0 Å². The van der Waals surface area contributed by atoms with E-state index in [4.69, 9.17) is 15.2 Å². The standard InChI is InChI=1S/C15H20N2O3/c16-9-11-3-2-6-17(10-11)15(18)12-4-1-5-13-14(12)20-8-7-19-13/h1,4-5,11H,2-3,6-10,16H2. The first kappa shape index (κ1) is 13.2. The van der Waals surface area contributed by atoms with Crippen LogP contribution in [0.25, 0.3) is 0 Å². The molecule has 0 saturated carbocycles. The molecule has 0 spiro atoms. The van der Waals surface area contributed by atoms with Crippen molar-refractivity contribution < 1.29 is 14.3 Å². The molecule has 2 heterocycles. The van der Waals surface area contributed by atoms with Gasteiger partial charge < -0.3 is 20.1 Å². The van der Waals surface area contributed by atoms with Gasteiger partial charge in [0.15, 0.2) is 11.5 Å². The zero-order valence-electron chi connectivity index (χ0n) is 11.5. The number of para-hydroxylation sites is 1. The minimum Gasteiger partial charge on any atom is -0.486 e. The fourth-order valence-electron chi connectivity index (χ4n) is 2.85. The Hall–Kier alpha value is -1.75. The molecular weight excluding hydrogens is 256 g/mol. The van der Waals surface area contributed by atoms with E-state index in [1.807, 2.05) is 23.1 Å². The molecule has 2 aliphatic rings. The third kappa shape index (κ3) is 2.45. The topological polar surface area (TPSA) is 64.8 Å². The van der Waals surface area contributed by atoms with E-state index < -0.39 is 0 Å². The lowest BCUT2D eigenvalue weighted by Crippen LogP contribution is -2.42. The second-order valence-electron chi connectivity index (χ2n) is 5.32. The van der Waals surface area contributed by atoms with Crippen molar-refractivity contribution in [1.82, 2.24) is 4.90 Å². The molecule has 1 atom stereocenters. The average Bonchev–Trinajstić information content (AvgIpc) is 2.53. The van der Waals surface area contributed by atoms with E-state index in [1.165, 1.54) is 0 Å². The molecule has 0 radical (unpaired) electrons. The van der Waals surface area contributed by atoms with Gasteiger partial charge in [0.1, 0.15) is 13.2 Å². The summed E-state index contributed by atoms with van der Waals surface area (Å²) >= 11 is 0. The monoisotopic (exact) mass is 276 g/mol. The molecular formula is C15H20N2O3. The lowest BCUT2D eigenvalue weighted by atomic mass is 9.97. The molecule has 1 aromatic rings. The summed E-state index contributed by atoms with van der Waals surface area (Å²) in [4.78, 5) is 14.6. The summed E-state index contributed by atoms with van der Waals surface area (Å²) in [5.41, 5.74) is 6.33. The van der Waals surface area contributed by atoms with Crippen LogP contribution in [0.5, 0.6) is 11.5 Å². The highest BCUT2D eigenvalue weighted by Gasteiger charge is 2.27. The molecule has 108 valence electrons. The maximum Gasteiger partial charge on any atom is 0.257 e. The van der Waals surface area contributed by atoms with Crippen molar-refractivity contribution in [1.29, 1.82) is 0 Å². The number of rotatable bonds is 2. The van der Waals surface area contributed by atoms with Crippen LogP contribution in [0, 0.1) is 5.92 Å². The maximum absolute atomic E-state index is 12.7. The number of carbonyl (C=O) groups excluding carboxylic acids is 1. The fraction of sp³-hybridized carbons (Fsp3) is 0.533. The van der Waals surface area contributed by atoms with E-state index in [2.05, 4.69) is 0 Å². The van der Waals surface area contributed by atoms with Crippen LogP contribution in [0.2, 0.25) is 0 Å². The minimum absolute atomic E-state index is 0.0190. The van der Waals surface area contributed by atoms with E-state index in [1.54, 1.807) is 0 Å². The number of nitrogens with two attached hydrogens (primary N) is 1. The second-order valence-corrected chi connectivity index (χ2v) is 5.32. The van der Waals surface area contributed by atoms with Crippen LogP contribution < -0.4 is 15.2 Å². The molecule has 5 nitrogen and oxygen atoms in total. The van der Waals surface area contributed by atoms with E-state index in [9.17, 15) is 4.79 Å². The Morgan fingerprint density at radius 2 is 2.20 bits per heavy atom. The Balaban J connectivity index is 1.83. The third-order valence-electron chi connectivity index (χ3n) is 3.94. The Bertz CT molecular complexity index is 504. The second kappa shape index (κ2) is 5.71. The van der Waals surface area contributed by atoms with Crippen LogP contribution in [0.1, 0.15) is 23.2 Å². The molecule has 0 bridgehead atoms. The van der Waals surface area contributed by atoms with Crippen molar-refractivity contribution in [3.63, 3.8) is 0 Å². The van der Waals surface area contributed by atoms with Crippen molar-refractivity contribution >= 4 is 5.91 Å². The average molecular weight is 276 g/mol. The van der Waals surface area contributed by atoms with E-state index in [0.717, 1.165) is 25.9 Å². The molecule has 1 amide bonds. The molecule has 0 aliphatic carbocycles. The van der Waals surface area contributed by atoms with Gasteiger partial charge in [0.05, 0.1) is 5.56 Å². The molecule has 3 rings (SSSR count). The molecule has 5 heteroatoms. The first-order valence-corrected chi connectivity index (χ1v) is 7.17. The summed E-state index contributed by atoms with van der Waals surface area (Å²) < 4.78 is 11.2. The number of nitrogens with zero attached hydrogens (tertiary/aromatic N) is 1. The van der Waals surface area contributed by atoms with Crippen LogP contribution in [-0.2, 0) is 0 Å². The summed E-state index contributed by atoms with van der Waals surface area (Å²) in [7, 11) is 0. The zero-order valence-corrected chi connectivity index (χ0v) is 11.5. The highest BCUT2D eigenvalue weighted by molar-refractivity contribution is 5.98. The molecule has 1 aromatic carbocycles. The van der Waals surface area contributed by atoms with Crippen molar-refractivity contribution in [3.8, 4) is 11.5 Å². The van der Waals surface area contributed by atoms with Crippen LogP contribution in [-0.4, -0.2) is 43.7 Å². The number of ether oxygens (including phenoxy) is 2. The highest BCUT2D eigenvalue weighted by atomic mass is 16.6. The Morgan fingerprint density at radius 1 is 1.35 bits per heavy atom. The number of fused-ring (bicyclic) bond motifs is 1. The van der Waals surface area contributed by atoms with E-state index >= 15 is 0 Å². The summed E-state index contributed by atoms with van der Waals surface area (Å²) in [5.74, 6) is 1.67. The van der Waals surface area contributed by atoms with Crippen LogP contribution >= 0.6 is 0 Å². The SMILES string of the molecule is NCC1CCCN(C(=O)c2cccc3c2OCCO3)C1. The normalized spacial score (nSPS) is 21.6. The van der Waals surface area contributed by atoms with Crippen LogP contribution in [0.3, 0.4) is 0 Å². The lowest BCUT2D eigenvalue weighted by Gasteiger charge is -2.33. The summed E-state index contributed by atoms with van der Waals surface area (Å²) in [6, 6.07) is 5.48. The summed E-state index contributed by atoms with van der Waals surface area (Å²) in [6.45, 7) is 3.18. The smallest absolute Gasteiger partial charge is 0.257 e. The molecule has 20 heavy (non-hydrogen) atoms. The molecule has 1 fully saturated rings. The molecule has 1 unspecified atom stereocenters. The first-order chi connectivity index (χ1) is 9.79. The van der Waals surface area contributed by atoms with Crippen molar-refractivity contribution in [2.24, 2.45) is 11.7 Å². The molecule has 0 aromatic heterocycles. The zero-order chi connectivity index (χ0) is 13.9. The van der Waals surface area contributed by atoms with Gasteiger partial charge >= 0.3 is 0 Å². The van der Waals surface area contributed by atoms with Crippen molar-refractivity contribution in [2.45, 2.75) is 12.8 Å². The third-order valence-corrected chi connectivity index (χ3v) is 3.94. The largest absolute Gasteiger partial charge is 0.486 e. The van der Waals surface area contributed by atoms with Crippen LogP contribution in [0.4, 0.5) is 0 Å². The first-order valence-electron chi connectivity index (χ1n) is 7.17. The predicted octanol–water partition coefficient (Wildman–Crippen LogP) is 1.27. The predicted molar refractivity (Wildman–Crippen MR) is 75.1 cm³/mol. The molecule has 1 saturated heterocycles. The Labute approximate surface area is 118 Å². The summed E-state index contributed by atoms with van der Waals surface area (Å²) in [6.07, 6.45) is 2.12. The van der Waals surface area contributed by atoms with Gasteiger partial charge in [-0.1, -0.05) is 6.07 Å². The number of piperidine rings is 1. The van der Waals surface area contributed by atoms with Gasteiger partial charge in [0, 0.05) is 13.1 Å². The van der Waals surface area contributed by atoms with Gasteiger partial charge in [0.25, 0.3) is 5.91 Å². The van der Waals surface area contributed by atoms with Gasteiger partial charge in [-0.25, -0.2) is 0 Å². The molecule has 2 aliphatic heterocycles. The fourth-order valence-corrected chi connectivity index (χ4v) is 2.85. The highest BCUT2D eigenvalue weighted by Crippen LogP contribution is 2.34. The Morgan fingerprint density at radius 3 is 3.05 bits per heavy atom. The van der Waals surface area contributed by atoms with Crippen molar-refractivity contribution in [3.05, 3.63) is 23.8 Å². The Kier molecular flexibility index (Phi) is 3.78. The number of amides is 1. The van der Waals surface area contributed by atoms with Gasteiger partial charge in [-0.15, -0.1) is 0 Å². The van der Waals surface area contributed by atoms with Gasteiger partial charge in [-0.2, -0.15) is 0 Å². The number of hydrogen-bond donors (Lipinski definition) is 1. The number of benzene rings is 1. The van der Waals surface area contributed by atoms with Crippen molar-refractivity contribution in [2.75, 3.05) is 32.8 Å². The van der Waals surface area contributed by atoms with E-state index in [-0.39, 0.29) is 5.91 Å². The van der Waals surface area contributed by atoms with Crippen LogP contribution in [0.15, 0.2) is 18.2 Å².